The van der Waals surface area contributed by atoms with E-state index in [0.717, 1.165) is 47.6 Å². The molecular formula is C18H21BrN4O. The molecule has 0 spiro atoms. The van der Waals surface area contributed by atoms with Crippen molar-refractivity contribution in [2.24, 2.45) is 5.92 Å². The molecule has 0 unspecified atom stereocenters. The van der Waals surface area contributed by atoms with Gasteiger partial charge in [-0.05, 0) is 49.4 Å². The van der Waals surface area contributed by atoms with Crippen LogP contribution in [0.25, 0.3) is 0 Å². The summed E-state index contributed by atoms with van der Waals surface area (Å²) < 4.78 is 0.988. The average molecular weight is 389 g/mol. The molecule has 1 saturated heterocycles. The first-order chi connectivity index (χ1) is 11.5. The number of benzene rings is 1. The maximum atomic E-state index is 12.4. The molecule has 1 aliphatic heterocycles. The van der Waals surface area contributed by atoms with Crippen LogP contribution in [0.4, 0.5) is 11.6 Å². The highest BCUT2D eigenvalue weighted by molar-refractivity contribution is 9.10. The number of hydrogen-bond donors (Lipinski definition) is 1. The number of aryl methyl sites for hydroxylation is 1. The van der Waals surface area contributed by atoms with Crippen molar-refractivity contribution in [3.8, 4) is 0 Å². The van der Waals surface area contributed by atoms with Gasteiger partial charge in [-0.2, -0.15) is 0 Å². The minimum absolute atomic E-state index is 0.195. The van der Waals surface area contributed by atoms with Crippen molar-refractivity contribution in [3.63, 3.8) is 0 Å². The second-order valence-electron chi connectivity index (χ2n) is 6.35. The number of nitrogens with one attached hydrogen (secondary N) is 1. The molecule has 126 valence electrons. The Bertz CT molecular complexity index is 724. The van der Waals surface area contributed by atoms with Gasteiger partial charge in [-0.1, -0.05) is 22.9 Å². The lowest BCUT2D eigenvalue weighted by Gasteiger charge is -2.30. The molecule has 24 heavy (non-hydrogen) atoms. The zero-order chi connectivity index (χ0) is 17.1. The number of piperidine rings is 1. The number of amides is 1. The number of nitrogens with zero attached hydrogens (tertiary/aromatic N) is 3. The maximum absolute atomic E-state index is 12.4. The second-order valence-corrected chi connectivity index (χ2v) is 7.27. The molecule has 1 amide bonds. The Kier molecular flexibility index (Phi) is 5.14. The largest absolute Gasteiger partial charge is 0.341 e. The highest BCUT2D eigenvalue weighted by Crippen LogP contribution is 2.22. The number of aromatic nitrogens is 2. The van der Waals surface area contributed by atoms with E-state index in [0.29, 0.717) is 11.5 Å². The average Bonchev–Trinajstić information content (AvgIpc) is 2.58. The van der Waals surface area contributed by atoms with Gasteiger partial charge in [0.25, 0.3) is 5.91 Å². The summed E-state index contributed by atoms with van der Waals surface area (Å²) in [4.78, 5) is 23.3. The summed E-state index contributed by atoms with van der Waals surface area (Å²) in [6, 6.07) is 5.74. The minimum atomic E-state index is -0.195. The summed E-state index contributed by atoms with van der Waals surface area (Å²) >= 11 is 3.42. The summed E-state index contributed by atoms with van der Waals surface area (Å²) in [6.07, 6.45) is 5.52. The van der Waals surface area contributed by atoms with E-state index in [2.05, 4.69) is 43.0 Å². The van der Waals surface area contributed by atoms with E-state index in [4.69, 9.17) is 0 Å². The predicted molar refractivity (Wildman–Crippen MR) is 99.5 cm³/mol. The Hall–Kier alpha value is -1.95. The first-order valence-electron chi connectivity index (χ1n) is 8.17. The smallest absolute Gasteiger partial charge is 0.258 e. The lowest BCUT2D eigenvalue weighted by Crippen LogP contribution is -2.34. The third-order valence-corrected chi connectivity index (χ3v) is 4.90. The molecule has 0 radical (unpaired) electrons. The van der Waals surface area contributed by atoms with Crippen LogP contribution in [-0.4, -0.2) is 29.0 Å². The monoisotopic (exact) mass is 388 g/mol. The van der Waals surface area contributed by atoms with Crippen molar-refractivity contribution in [3.05, 3.63) is 46.2 Å². The van der Waals surface area contributed by atoms with Gasteiger partial charge in [-0.25, -0.2) is 9.97 Å². The molecule has 0 aliphatic carbocycles. The number of carbonyl (C=O) groups excluding carboxylic acids is 1. The van der Waals surface area contributed by atoms with Gasteiger partial charge in [-0.15, -0.1) is 0 Å². The van der Waals surface area contributed by atoms with Crippen molar-refractivity contribution in [1.29, 1.82) is 0 Å². The third-order valence-electron chi connectivity index (χ3n) is 4.40. The van der Waals surface area contributed by atoms with Crippen molar-refractivity contribution < 1.29 is 4.79 Å². The highest BCUT2D eigenvalue weighted by Gasteiger charge is 2.18. The van der Waals surface area contributed by atoms with E-state index >= 15 is 0 Å². The zero-order valence-electron chi connectivity index (χ0n) is 13.9. The molecule has 2 heterocycles. The van der Waals surface area contributed by atoms with Gasteiger partial charge in [-0.3, -0.25) is 4.79 Å². The SMILES string of the molecule is Cc1cc(Br)ccc1NC(=O)c1cnc(N2CCC(C)CC2)nc1. The van der Waals surface area contributed by atoms with Crippen LogP contribution in [0.1, 0.15) is 35.7 Å². The van der Waals surface area contributed by atoms with Crippen LogP contribution in [0.2, 0.25) is 0 Å². The van der Waals surface area contributed by atoms with E-state index in [1.807, 2.05) is 25.1 Å². The molecule has 0 saturated carbocycles. The molecule has 5 nitrogen and oxygen atoms in total. The summed E-state index contributed by atoms with van der Waals surface area (Å²) in [7, 11) is 0. The van der Waals surface area contributed by atoms with Crippen LogP contribution < -0.4 is 10.2 Å². The lowest BCUT2D eigenvalue weighted by molar-refractivity contribution is 0.102. The molecule has 1 fully saturated rings. The topological polar surface area (TPSA) is 58.1 Å². The van der Waals surface area contributed by atoms with E-state index < -0.39 is 0 Å². The van der Waals surface area contributed by atoms with Gasteiger partial charge < -0.3 is 10.2 Å². The van der Waals surface area contributed by atoms with Crippen molar-refractivity contribution in [2.75, 3.05) is 23.3 Å². The van der Waals surface area contributed by atoms with E-state index in [1.54, 1.807) is 12.4 Å². The highest BCUT2D eigenvalue weighted by atomic mass is 79.9. The Morgan fingerprint density at radius 1 is 1.25 bits per heavy atom. The minimum Gasteiger partial charge on any atom is -0.341 e. The van der Waals surface area contributed by atoms with E-state index in [9.17, 15) is 4.79 Å². The molecule has 1 aromatic carbocycles. The van der Waals surface area contributed by atoms with Gasteiger partial charge in [0.2, 0.25) is 5.95 Å². The van der Waals surface area contributed by atoms with Gasteiger partial charge >= 0.3 is 0 Å². The fourth-order valence-corrected chi connectivity index (χ4v) is 3.25. The van der Waals surface area contributed by atoms with E-state index in [1.165, 1.54) is 0 Å². The molecule has 2 aromatic rings. The fourth-order valence-electron chi connectivity index (χ4n) is 2.77. The molecule has 1 aromatic heterocycles. The Balaban J connectivity index is 1.67. The number of rotatable bonds is 3. The summed E-state index contributed by atoms with van der Waals surface area (Å²) in [6.45, 7) is 6.18. The normalized spacial score (nSPS) is 15.4. The van der Waals surface area contributed by atoms with Crippen LogP contribution in [0.3, 0.4) is 0 Å². The standard InChI is InChI=1S/C18H21BrN4O/c1-12-5-7-23(8-6-12)18-20-10-14(11-21-18)17(24)22-16-4-3-15(19)9-13(16)2/h3-4,9-12H,5-8H2,1-2H3,(H,22,24). The van der Waals surface area contributed by atoms with Gasteiger partial charge in [0.1, 0.15) is 0 Å². The molecule has 6 heteroatoms. The van der Waals surface area contributed by atoms with Crippen LogP contribution in [0.5, 0.6) is 0 Å². The fraction of sp³-hybridized carbons (Fsp3) is 0.389. The van der Waals surface area contributed by atoms with E-state index in [-0.39, 0.29) is 5.91 Å². The van der Waals surface area contributed by atoms with Crippen LogP contribution >= 0.6 is 15.9 Å². The molecule has 0 atom stereocenters. The Morgan fingerprint density at radius 2 is 1.92 bits per heavy atom. The molecular weight excluding hydrogens is 368 g/mol. The maximum Gasteiger partial charge on any atom is 0.258 e. The Morgan fingerprint density at radius 3 is 2.54 bits per heavy atom. The first kappa shape index (κ1) is 16.9. The summed E-state index contributed by atoms with van der Waals surface area (Å²) in [5, 5.41) is 2.91. The number of anilines is 2. The van der Waals surface area contributed by atoms with Gasteiger partial charge in [0.05, 0.1) is 5.56 Å². The number of halogens is 1. The number of hydrogen-bond acceptors (Lipinski definition) is 4. The second kappa shape index (κ2) is 7.30. The first-order valence-corrected chi connectivity index (χ1v) is 8.97. The third kappa shape index (κ3) is 3.93. The van der Waals surface area contributed by atoms with Crippen molar-refractivity contribution >= 4 is 33.5 Å². The molecule has 0 bridgehead atoms. The van der Waals surface area contributed by atoms with Gasteiger partial charge in [0.15, 0.2) is 0 Å². The number of carbonyl (C=O) groups is 1. The lowest BCUT2D eigenvalue weighted by atomic mass is 10.00. The molecule has 3 rings (SSSR count). The molecule has 1 aliphatic rings. The zero-order valence-corrected chi connectivity index (χ0v) is 15.5. The van der Waals surface area contributed by atoms with Crippen LogP contribution in [0, 0.1) is 12.8 Å². The van der Waals surface area contributed by atoms with Gasteiger partial charge in [0, 0.05) is 35.6 Å². The summed E-state index contributed by atoms with van der Waals surface area (Å²) in [5.41, 5.74) is 2.25. The predicted octanol–water partition coefficient (Wildman–Crippen LogP) is 4.04. The van der Waals surface area contributed by atoms with Crippen molar-refractivity contribution in [1.82, 2.24) is 9.97 Å². The summed E-state index contributed by atoms with van der Waals surface area (Å²) in [5.74, 6) is 1.28. The van der Waals surface area contributed by atoms with Crippen molar-refractivity contribution in [2.45, 2.75) is 26.7 Å². The van der Waals surface area contributed by atoms with Crippen LogP contribution in [0.15, 0.2) is 35.1 Å². The van der Waals surface area contributed by atoms with Crippen LogP contribution in [-0.2, 0) is 0 Å². The molecule has 1 N–H and O–H groups in total. The quantitative estimate of drug-likeness (QED) is 0.861. The Labute approximate surface area is 150 Å².